The maximum Gasteiger partial charge on any atom is 0.321 e. The van der Waals surface area contributed by atoms with Crippen LogP contribution >= 0.6 is 0 Å². The predicted molar refractivity (Wildman–Crippen MR) is 168 cm³/mol. The number of aliphatic imine (C=N–C) groups is 1. The average Bonchev–Trinajstić information content (AvgIpc) is 2.98. The summed E-state index contributed by atoms with van der Waals surface area (Å²) in [6, 6.07) is 18.4. The SMILES string of the molecule is CC.CCNC(=O)/C=C(\C=C(\C)c1cccc(OC)c1)c1ccc(N=C(N)NC(=O)NCC)c(-c2ccccn2)c1. The number of ether oxygens (including phenoxy) is 1. The predicted octanol–water partition coefficient (Wildman–Crippen LogP) is 5.67. The molecule has 0 aliphatic heterocycles. The number of carbonyl (C=O) groups is 2. The summed E-state index contributed by atoms with van der Waals surface area (Å²) in [7, 11) is 1.63. The van der Waals surface area contributed by atoms with Gasteiger partial charge in [0.25, 0.3) is 0 Å². The maximum absolute atomic E-state index is 12.6. The van der Waals surface area contributed by atoms with Gasteiger partial charge in [-0.3, -0.25) is 15.1 Å². The van der Waals surface area contributed by atoms with E-state index in [1.807, 2.05) is 88.4 Å². The van der Waals surface area contributed by atoms with Crippen molar-refractivity contribution < 1.29 is 14.3 Å². The Bertz CT molecular complexity index is 1400. The summed E-state index contributed by atoms with van der Waals surface area (Å²) in [5.41, 5.74) is 11.2. The number of hydrogen-bond acceptors (Lipinski definition) is 5. The van der Waals surface area contributed by atoms with E-state index in [1.165, 1.54) is 0 Å². The standard InChI is InChI=1S/C30H34N6O3.C2H6/c1-5-32-28(37)19-23(16-20(3)21-10-9-11-24(17-21)39-4)22-13-14-27(35-29(31)36-30(38)33-6-2)25(18-22)26-12-7-8-15-34-26;1-2/h7-19H,5-6H2,1-4H3,(H,32,37)(H4,31,33,35,36,38);1-2H3/b20-16-,23-19+;. The molecule has 0 atom stereocenters. The molecule has 0 saturated carbocycles. The number of nitrogens with zero attached hydrogens (tertiary/aromatic N) is 2. The molecule has 1 aromatic heterocycles. The van der Waals surface area contributed by atoms with E-state index in [0.29, 0.717) is 35.6 Å². The fourth-order valence-electron chi connectivity index (χ4n) is 3.78. The summed E-state index contributed by atoms with van der Waals surface area (Å²) in [6.07, 6.45) is 5.21. The first-order chi connectivity index (χ1) is 19.8. The molecule has 3 rings (SSSR count). The molecule has 9 heteroatoms. The number of likely N-dealkylation sites (N-methyl/N-ethyl adjacent to an activating group) is 1. The molecule has 0 fully saturated rings. The van der Waals surface area contributed by atoms with E-state index >= 15 is 0 Å². The first kappa shape index (κ1) is 32.3. The number of nitrogens with two attached hydrogens (primary N) is 1. The van der Waals surface area contributed by atoms with Gasteiger partial charge in [-0.15, -0.1) is 0 Å². The van der Waals surface area contributed by atoms with Gasteiger partial charge >= 0.3 is 6.03 Å². The minimum Gasteiger partial charge on any atom is -0.497 e. The third-order valence-corrected chi connectivity index (χ3v) is 5.63. The Morgan fingerprint density at radius 1 is 0.951 bits per heavy atom. The molecule has 0 aliphatic rings. The van der Waals surface area contributed by atoms with Gasteiger partial charge in [0.05, 0.1) is 18.5 Å². The quantitative estimate of drug-likeness (QED) is 0.117. The highest BCUT2D eigenvalue weighted by molar-refractivity contribution is 6.00. The molecule has 3 amide bonds. The first-order valence-electron chi connectivity index (χ1n) is 13.6. The summed E-state index contributed by atoms with van der Waals surface area (Å²) in [6.45, 7) is 10.6. The van der Waals surface area contributed by atoms with Crippen LogP contribution in [0.5, 0.6) is 5.75 Å². The van der Waals surface area contributed by atoms with Crippen LogP contribution in [0.4, 0.5) is 10.5 Å². The Morgan fingerprint density at radius 2 is 1.71 bits per heavy atom. The van der Waals surface area contributed by atoms with Crippen molar-refractivity contribution in [3.63, 3.8) is 0 Å². The average molecular weight is 557 g/mol. The van der Waals surface area contributed by atoms with E-state index in [9.17, 15) is 9.59 Å². The first-order valence-corrected chi connectivity index (χ1v) is 13.6. The highest BCUT2D eigenvalue weighted by Crippen LogP contribution is 2.33. The van der Waals surface area contributed by atoms with Gasteiger partial charge in [-0.25, -0.2) is 9.79 Å². The van der Waals surface area contributed by atoms with E-state index in [2.05, 4.69) is 25.9 Å². The number of pyridine rings is 1. The van der Waals surface area contributed by atoms with Crippen molar-refractivity contribution in [1.29, 1.82) is 0 Å². The second-order valence-corrected chi connectivity index (χ2v) is 8.48. The van der Waals surface area contributed by atoms with Crippen LogP contribution in [0, 0.1) is 0 Å². The fraction of sp³-hybridized carbons (Fsp3) is 0.250. The normalized spacial score (nSPS) is 11.6. The molecule has 0 bridgehead atoms. The molecule has 0 unspecified atom stereocenters. The summed E-state index contributed by atoms with van der Waals surface area (Å²) in [5.74, 6) is 0.477. The Hall–Kier alpha value is -4.92. The molecule has 3 aromatic rings. The Balaban J connectivity index is 0.00000287. The number of rotatable bonds is 9. The zero-order valence-corrected chi connectivity index (χ0v) is 24.6. The second kappa shape index (κ2) is 16.9. The highest BCUT2D eigenvalue weighted by Gasteiger charge is 2.12. The van der Waals surface area contributed by atoms with Gasteiger partial charge in [0.2, 0.25) is 11.9 Å². The van der Waals surface area contributed by atoms with Crippen molar-refractivity contribution in [3.8, 4) is 17.0 Å². The minimum absolute atomic E-state index is 0.0577. The summed E-state index contributed by atoms with van der Waals surface area (Å²) in [4.78, 5) is 33.5. The van der Waals surface area contributed by atoms with Crippen LogP contribution in [0.15, 0.2) is 84.0 Å². The van der Waals surface area contributed by atoms with Crippen molar-refractivity contribution in [2.75, 3.05) is 20.2 Å². The zero-order chi connectivity index (χ0) is 30.2. The van der Waals surface area contributed by atoms with E-state index in [4.69, 9.17) is 10.5 Å². The third kappa shape index (κ3) is 9.96. The smallest absolute Gasteiger partial charge is 0.321 e. The second-order valence-electron chi connectivity index (χ2n) is 8.48. The Morgan fingerprint density at radius 3 is 2.37 bits per heavy atom. The number of amides is 3. The summed E-state index contributed by atoms with van der Waals surface area (Å²) < 4.78 is 5.37. The highest BCUT2D eigenvalue weighted by atomic mass is 16.5. The molecule has 2 aromatic carbocycles. The molecule has 41 heavy (non-hydrogen) atoms. The zero-order valence-electron chi connectivity index (χ0n) is 24.6. The molecule has 0 saturated heterocycles. The lowest BCUT2D eigenvalue weighted by Gasteiger charge is -2.12. The van der Waals surface area contributed by atoms with E-state index < -0.39 is 6.03 Å². The molecule has 0 radical (unpaired) electrons. The number of guanidine groups is 1. The molecular weight excluding hydrogens is 516 g/mol. The van der Waals surface area contributed by atoms with E-state index in [-0.39, 0.29) is 11.9 Å². The Kier molecular flexibility index (Phi) is 13.3. The van der Waals surface area contributed by atoms with E-state index in [0.717, 1.165) is 22.4 Å². The summed E-state index contributed by atoms with van der Waals surface area (Å²) >= 11 is 0. The molecule has 1 heterocycles. The van der Waals surface area contributed by atoms with Crippen molar-refractivity contribution in [3.05, 3.63) is 90.1 Å². The lowest BCUT2D eigenvalue weighted by Crippen LogP contribution is -2.43. The van der Waals surface area contributed by atoms with Gasteiger partial charge < -0.3 is 21.1 Å². The Labute approximate surface area is 242 Å². The summed E-state index contributed by atoms with van der Waals surface area (Å²) in [5, 5.41) is 7.96. The van der Waals surface area contributed by atoms with Crippen molar-refractivity contribution in [1.82, 2.24) is 20.9 Å². The third-order valence-electron chi connectivity index (χ3n) is 5.63. The lowest BCUT2D eigenvalue weighted by atomic mass is 9.96. The molecule has 216 valence electrons. The van der Waals surface area contributed by atoms with Crippen molar-refractivity contribution in [2.24, 2.45) is 10.7 Å². The maximum atomic E-state index is 12.6. The van der Waals surface area contributed by atoms with Gasteiger partial charge in [0.15, 0.2) is 0 Å². The van der Waals surface area contributed by atoms with Crippen LogP contribution in [0.1, 0.15) is 45.7 Å². The number of urea groups is 1. The molecule has 9 nitrogen and oxygen atoms in total. The van der Waals surface area contributed by atoms with Crippen LogP contribution in [-0.4, -0.2) is 43.1 Å². The van der Waals surface area contributed by atoms with Gasteiger partial charge in [-0.2, -0.15) is 0 Å². The van der Waals surface area contributed by atoms with Crippen LogP contribution < -0.4 is 26.4 Å². The topological polar surface area (TPSA) is 131 Å². The van der Waals surface area contributed by atoms with Crippen molar-refractivity contribution >= 4 is 34.7 Å². The molecular formula is C32H40N6O3. The monoisotopic (exact) mass is 556 g/mol. The van der Waals surface area contributed by atoms with E-state index in [1.54, 1.807) is 32.4 Å². The van der Waals surface area contributed by atoms with Crippen LogP contribution in [0.2, 0.25) is 0 Å². The number of hydrogen-bond donors (Lipinski definition) is 4. The van der Waals surface area contributed by atoms with Gasteiger partial charge in [0.1, 0.15) is 5.75 Å². The number of benzene rings is 2. The van der Waals surface area contributed by atoms with Crippen molar-refractivity contribution in [2.45, 2.75) is 34.6 Å². The fourth-order valence-corrected chi connectivity index (χ4v) is 3.78. The number of nitrogens with one attached hydrogen (secondary N) is 3. The number of allylic oxidation sites excluding steroid dienone is 3. The number of methoxy groups -OCH3 is 1. The van der Waals surface area contributed by atoms with Crippen LogP contribution in [0.3, 0.4) is 0 Å². The molecule has 0 spiro atoms. The largest absolute Gasteiger partial charge is 0.497 e. The van der Waals surface area contributed by atoms with Gasteiger partial charge in [0, 0.05) is 30.9 Å². The van der Waals surface area contributed by atoms with Crippen LogP contribution in [-0.2, 0) is 4.79 Å². The van der Waals surface area contributed by atoms with Crippen LogP contribution in [0.25, 0.3) is 22.4 Å². The minimum atomic E-state index is -0.444. The molecule has 5 N–H and O–H groups in total. The lowest BCUT2D eigenvalue weighted by molar-refractivity contribution is -0.116. The van der Waals surface area contributed by atoms with Gasteiger partial charge in [-0.05, 0) is 79.4 Å². The molecule has 0 aliphatic carbocycles. The number of carbonyl (C=O) groups excluding carboxylic acids is 2. The van der Waals surface area contributed by atoms with Gasteiger partial charge in [-0.1, -0.05) is 44.2 Å². The number of aromatic nitrogens is 1.